The van der Waals surface area contributed by atoms with Crippen LogP contribution in [0.5, 0.6) is 5.75 Å². The number of aryl methyl sites for hydroxylation is 1. The van der Waals surface area contributed by atoms with Crippen molar-refractivity contribution in [2.45, 2.75) is 52.0 Å². The number of rotatable bonds is 4. The number of nitrogens with two attached hydrogens (primary N) is 1. The molecule has 0 spiro atoms. The number of Topliss-reactive ketones (excluding diaryl/α,β-unsaturated/α-hetero) is 1. The van der Waals surface area contributed by atoms with Gasteiger partial charge in [0.2, 0.25) is 0 Å². The molecule has 0 bridgehead atoms. The van der Waals surface area contributed by atoms with E-state index in [4.69, 9.17) is 10.5 Å². The van der Waals surface area contributed by atoms with Crippen LogP contribution in [0.3, 0.4) is 0 Å². The normalized spacial score (nSPS) is 22.6. The number of aromatic nitrogens is 1. The van der Waals surface area contributed by atoms with E-state index in [2.05, 4.69) is 4.98 Å². The average molecular weight is 276 g/mol. The maximum Gasteiger partial charge on any atom is 0.141 e. The lowest BCUT2D eigenvalue weighted by molar-refractivity contribution is -0.123. The smallest absolute Gasteiger partial charge is 0.141 e. The van der Waals surface area contributed by atoms with E-state index in [9.17, 15) is 4.79 Å². The Labute approximate surface area is 120 Å². The summed E-state index contributed by atoms with van der Waals surface area (Å²) < 4.78 is 5.39. The zero-order valence-electron chi connectivity index (χ0n) is 12.6. The molecule has 4 heteroatoms. The zero-order valence-corrected chi connectivity index (χ0v) is 12.6. The molecule has 1 aromatic rings. The predicted molar refractivity (Wildman–Crippen MR) is 78.9 cm³/mol. The van der Waals surface area contributed by atoms with Gasteiger partial charge in [0.15, 0.2) is 0 Å². The van der Waals surface area contributed by atoms with Gasteiger partial charge in [0.05, 0.1) is 12.8 Å². The number of carbonyl (C=O) groups is 1. The minimum Gasteiger partial charge on any atom is -0.496 e. The van der Waals surface area contributed by atoms with Gasteiger partial charge >= 0.3 is 0 Å². The topological polar surface area (TPSA) is 65.2 Å². The first-order valence-electron chi connectivity index (χ1n) is 7.30. The van der Waals surface area contributed by atoms with E-state index in [1.54, 1.807) is 13.3 Å². The first-order valence-corrected chi connectivity index (χ1v) is 7.30. The molecular formula is C16H24N2O2. The second-order valence-corrected chi connectivity index (χ2v) is 5.81. The van der Waals surface area contributed by atoms with Crippen LogP contribution in [0.2, 0.25) is 0 Å². The molecule has 2 unspecified atom stereocenters. The quantitative estimate of drug-likeness (QED) is 0.916. The van der Waals surface area contributed by atoms with Crippen LogP contribution in [0, 0.1) is 19.8 Å². The number of methoxy groups -OCH3 is 1. The maximum absolute atomic E-state index is 12.4. The second kappa shape index (κ2) is 6.35. The fraction of sp³-hybridized carbons (Fsp3) is 0.625. The first kappa shape index (κ1) is 15.0. The zero-order chi connectivity index (χ0) is 14.7. The highest BCUT2D eigenvalue weighted by Crippen LogP contribution is 2.28. The SMILES string of the molecule is COc1c(C)cnc(CC(=O)C2CCCC(N)C2)c1C. The summed E-state index contributed by atoms with van der Waals surface area (Å²) in [4.78, 5) is 16.8. The number of pyridine rings is 1. The first-order chi connectivity index (χ1) is 9.52. The Kier molecular flexibility index (Phi) is 4.76. The van der Waals surface area contributed by atoms with Crippen LogP contribution in [0.4, 0.5) is 0 Å². The standard InChI is InChI=1S/C16H24N2O2/c1-10-9-18-14(11(2)16(10)20-3)8-15(19)12-5-4-6-13(17)7-12/h9,12-13H,4-8,17H2,1-3H3. The van der Waals surface area contributed by atoms with Crippen molar-refractivity contribution < 1.29 is 9.53 Å². The fourth-order valence-corrected chi connectivity index (χ4v) is 3.08. The number of ether oxygens (including phenoxy) is 1. The molecule has 1 fully saturated rings. The van der Waals surface area contributed by atoms with E-state index in [1.165, 1.54) is 0 Å². The lowest BCUT2D eigenvalue weighted by Crippen LogP contribution is -2.32. The van der Waals surface area contributed by atoms with Gasteiger partial charge < -0.3 is 10.5 Å². The van der Waals surface area contributed by atoms with E-state index >= 15 is 0 Å². The maximum atomic E-state index is 12.4. The van der Waals surface area contributed by atoms with Gasteiger partial charge in [-0.25, -0.2) is 0 Å². The van der Waals surface area contributed by atoms with Gasteiger partial charge in [-0.2, -0.15) is 0 Å². The minimum atomic E-state index is 0.104. The summed E-state index contributed by atoms with van der Waals surface area (Å²) in [7, 11) is 1.65. The van der Waals surface area contributed by atoms with Crippen molar-refractivity contribution in [1.29, 1.82) is 0 Å². The Hall–Kier alpha value is -1.42. The Bertz CT molecular complexity index is 499. The van der Waals surface area contributed by atoms with E-state index in [0.29, 0.717) is 6.42 Å². The highest BCUT2D eigenvalue weighted by molar-refractivity contribution is 5.83. The van der Waals surface area contributed by atoms with E-state index in [0.717, 1.165) is 48.3 Å². The largest absolute Gasteiger partial charge is 0.496 e. The minimum absolute atomic E-state index is 0.104. The fourth-order valence-electron chi connectivity index (χ4n) is 3.08. The molecule has 2 rings (SSSR count). The molecular weight excluding hydrogens is 252 g/mol. The van der Waals surface area contributed by atoms with E-state index < -0.39 is 0 Å². The number of hydrogen-bond donors (Lipinski definition) is 1. The number of nitrogens with zero attached hydrogens (tertiary/aromatic N) is 1. The van der Waals surface area contributed by atoms with Crippen LogP contribution in [-0.4, -0.2) is 23.9 Å². The van der Waals surface area contributed by atoms with E-state index in [-0.39, 0.29) is 17.7 Å². The molecule has 4 nitrogen and oxygen atoms in total. The Morgan fingerprint density at radius 2 is 2.20 bits per heavy atom. The average Bonchev–Trinajstić information content (AvgIpc) is 2.42. The lowest BCUT2D eigenvalue weighted by Gasteiger charge is -2.25. The molecule has 110 valence electrons. The summed E-state index contributed by atoms with van der Waals surface area (Å²) in [6, 6.07) is 0.180. The van der Waals surface area contributed by atoms with Crippen LogP contribution in [-0.2, 0) is 11.2 Å². The van der Waals surface area contributed by atoms with Crippen molar-refractivity contribution in [3.63, 3.8) is 0 Å². The molecule has 20 heavy (non-hydrogen) atoms. The van der Waals surface area contributed by atoms with E-state index in [1.807, 2.05) is 13.8 Å². The molecule has 1 aliphatic rings. The summed E-state index contributed by atoms with van der Waals surface area (Å²) in [6.07, 6.45) is 6.05. The summed E-state index contributed by atoms with van der Waals surface area (Å²) in [5.41, 5.74) is 8.77. The Morgan fingerprint density at radius 1 is 1.45 bits per heavy atom. The molecule has 1 heterocycles. The summed E-state index contributed by atoms with van der Waals surface area (Å²) in [5.74, 6) is 1.21. The molecule has 0 aliphatic heterocycles. The summed E-state index contributed by atoms with van der Waals surface area (Å²) in [6.45, 7) is 3.93. The van der Waals surface area contributed by atoms with Crippen LogP contribution >= 0.6 is 0 Å². The number of ketones is 1. The molecule has 1 aromatic heterocycles. The third kappa shape index (κ3) is 3.18. The van der Waals surface area contributed by atoms with Crippen molar-refractivity contribution >= 4 is 5.78 Å². The second-order valence-electron chi connectivity index (χ2n) is 5.81. The van der Waals surface area contributed by atoms with Gasteiger partial charge in [0, 0.05) is 35.7 Å². The monoisotopic (exact) mass is 276 g/mol. The van der Waals surface area contributed by atoms with Crippen molar-refractivity contribution in [3.8, 4) is 5.75 Å². The van der Waals surface area contributed by atoms with Gasteiger partial charge in [0.25, 0.3) is 0 Å². The number of hydrogen-bond acceptors (Lipinski definition) is 4. The van der Waals surface area contributed by atoms with Crippen LogP contribution < -0.4 is 10.5 Å². The van der Waals surface area contributed by atoms with Gasteiger partial charge in [0.1, 0.15) is 11.5 Å². The predicted octanol–water partition coefficient (Wildman–Crippen LogP) is 2.34. The molecule has 0 saturated heterocycles. The van der Waals surface area contributed by atoms with Crippen molar-refractivity contribution in [2.24, 2.45) is 11.7 Å². The van der Waals surface area contributed by atoms with Crippen molar-refractivity contribution in [1.82, 2.24) is 4.98 Å². The molecule has 0 radical (unpaired) electrons. The van der Waals surface area contributed by atoms with Crippen LogP contribution in [0.1, 0.15) is 42.5 Å². The van der Waals surface area contributed by atoms with Gasteiger partial charge in [-0.05, 0) is 33.1 Å². The Balaban J connectivity index is 2.11. The van der Waals surface area contributed by atoms with Crippen molar-refractivity contribution in [2.75, 3.05) is 7.11 Å². The molecule has 1 saturated carbocycles. The highest BCUT2D eigenvalue weighted by Gasteiger charge is 2.26. The third-order valence-corrected chi connectivity index (χ3v) is 4.26. The van der Waals surface area contributed by atoms with Gasteiger partial charge in [-0.15, -0.1) is 0 Å². The van der Waals surface area contributed by atoms with Crippen LogP contribution in [0.25, 0.3) is 0 Å². The molecule has 2 N–H and O–H groups in total. The molecule has 2 atom stereocenters. The van der Waals surface area contributed by atoms with Gasteiger partial charge in [-0.1, -0.05) is 6.42 Å². The molecule has 0 amide bonds. The summed E-state index contributed by atoms with van der Waals surface area (Å²) in [5, 5.41) is 0. The highest BCUT2D eigenvalue weighted by atomic mass is 16.5. The third-order valence-electron chi connectivity index (χ3n) is 4.26. The number of carbonyl (C=O) groups excluding carboxylic acids is 1. The lowest BCUT2D eigenvalue weighted by atomic mass is 9.82. The van der Waals surface area contributed by atoms with Crippen LogP contribution in [0.15, 0.2) is 6.20 Å². The molecule has 1 aliphatic carbocycles. The van der Waals surface area contributed by atoms with Gasteiger partial charge in [-0.3, -0.25) is 9.78 Å². The molecule has 0 aromatic carbocycles. The van der Waals surface area contributed by atoms with Crippen molar-refractivity contribution in [3.05, 3.63) is 23.0 Å². The Morgan fingerprint density at radius 3 is 2.85 bits per heavy atom. The summed E-state index contributed by atoms with van der Waals surface area (Å²) >= 11 is 0.